The van der Waals surface area contributed by atoms with Gasteiger partial charge >= 0.3 is 0 Å². The van der Waals surface area contributed by atoms with E-state index < -0.39 is 0 Å². The molecule has 0 aromatic carbocycles. The molecule has 1 aliphatic carbocycles. The third-order valence-corrected chi connectivity index (χ3v) is 3.25. The average molecular weight is 227 g/mol. The number of hydrogen-bond donors (Lipinski definition) is 1. The largest absolute Gasteiger partial charge is 0.324 e. The molecule has 3 heteroatoms. The summed E-state index contributed by atoms with van der Waals surface area (Å²) in [6, 6.07) is 4.30. The maximum absolute atomic E-state index is 6.24. The summed E-state index contributed by atoms with van der Waals surface area (Å²) in [4.78, 5) is 4.02. The van der Waals surface area contributed by atoms with Crippen LogP contribution < -0.4 is 5.73 Å². The molecule has 1 atom stereocenters. The molecular weight excluding hydrogens is 208 g/mol. The predicted octanol–water partition coefficient (Wildman–Crippen LogP) is 3.08. The van der Waals surface area contributed by atoms with E-state index in [1.807, 2.05) is 24.5 Å². The lowest BCUT2D eigenvalue weighted by molar-refractivity contribution is 0.308. The SMILES string of the molecule is Cl.N[C@@H](c1ccncc1)C1CCCCC1. The van der Waals surface area contributed by atoms with Crippen LogP contribution in [0.2, 0.25) is 0 Å². The lowest BCUT2D eigenvalue weighted by Gasteiger charge is -2.27. The molecule has 0 aliphatic heterocycles. The van der Waals surface area contributed by atoms with Gasteiger partial charge in [0, 0.05) is 18.4 Å². The van der Waals surface area contributed by atoms with E-state index in [1.165, 1.54) is 37.7 Å². The first-order valence-electron chi connectivity index (χ1n) is 5.53. The Balaban J connectivity index is 0.00000112. The summed E-state index contributed by atoms with van der Waals surface area (Å²) in [5.41, 5.74) is 7.48. The molecule has 2 nitrogen and oxygen atoms in total. The predicted molar refractivity (Wildman–Crippen MR) is 65.0 cm³/mol. The van der Waals surface area contributed by atoms with Gasteiger partial charge in [0.25, 0.3) is 0 Å². The quantitative estimate of drug-likeness (QED) is 0.842. The number of aromatic nitrogens is 1. The van der Waals surface area contributed by atoms with Crippen molar-refractivity contribution >= 4 is 12.4 Å². The molecule has 2 rings (SSSR count). The van der Waals surface area contributed by atoms with Crippen LogP contribution >= 0.6 is 12.4 Å². The van der Waals surface area contributed by atoms with E-state index in [9.17, 15) is 0 Å². The van der Waals surface area contributed by atoms with E-state index in [1.54, 1.807) is 0 Å². The Hall–Kier alpha value is -0.600. The fraction of sp³-hybridized carbons (Fsp3) is 0.583. The van der Waals surface area contributed by atoms with Crippen molar-refractivity contribution in [2.75, 3.05) is 0 Å². The van der Waals surface area contributed by atoms with Crippen LogP contribution in [0.3, 0.4) is 0 Å². The monoisotopic (exact) mass is 226 g/mol. The number of pyridine rings is 1. The average Bonchev–Trinajstić information content (AvgIpc) is 2.30. The van der Waals surface area contributed by atoms with Crippen LogP contribution in [-0.4, -0.2) is 4.98 Å². The first kappa shape index (κ1) is 12.5. The molecular formula is C12H19ClN2. The summed E-state index contributed by atoms with van der Waals surface area (Å²) < 4.78 is 0. The third kappa shape index (κ3) is 3.18. The highest BCUT2D eigenvalue weighted by atomic mass is 35.5. The molecule has 0 saturated heterocycles. The fourth-order valence-electron chi connectivity index (χ4n) is 2.35. The lowest BCUT2D eigenvalue weighted by atomic mass is 9.82. The summed E-state index contributed by atoms with van der Waals surface area (Å²) in [5, 5.41) is 0. The molecule has 0 radical (unpaired) electrons. The second-order valence-corrected chi connectivity index (χ2v) is 4.20. The van der Waals surface area contributed by atoms with Crippen LogP contribution in [0.5, 0.6) is 0 Å². The van der Waals surface area contributed by atoms with Crippen LogP contribution in [0.4, 0.5) is 0 Å². The Morgan fingerprint density at radius 3 is 2.33 bits per heavy atom. The van der Waals surface area contributed by atoms with Crippen molar-refractivity contribution in [1.29, 1.82) is 0 Å². The number of nitrogens with zero attached hydrogens (tertiary/aromatic N) is 1. The summed E-state index contributed by atoms with van der Waals surface area (Å²) in [6.07, 6.45) is 10.3. The summed E-state index contributed by atoms with van der Waals surface area (Å²) in [6.45, 7) is 0. The standard InChI is InChI=1S/C12H18N2.ClH/c13-12(10-4-2-1-3-5-10)11-6-8-14-9-7-11;/h6-10,12H,1-5,13H2;1H/t12-;/m1./s1. The second kappa shape index (κ2) is 6.09. The highest BCUT2D eigenvalue weighted by molar-refractivity contribution is 5.85. The Kier molecular flexibility index (Phi) is 5.06. The van der Waals surface area contributed by atoms with Gasteiger partial charge in [-0.25, -0.2) is 0 Å². The highest BCUT2D eigenvalue weighted by Crippen LogP contribution is 2.32. The zero-order chi connectivity index (χ0) is 9.80. The lowest BCUT2D eigenvalue weighted by Crippen LogP contribution is -2.23. The van der Waals surface area contributed by atoms with Gasteiger partial charge in [-0.15, -0.1) is 12.4 Å². The van der Waals surface area contributed by atoms with Gasteiger partial charge in [0.1, 0.15) is 0 Å². The molecule has 0 unspecified atom stereocenters. The van der Waals surface area contributed by atoms with Crippen LogP contribution in [0, 0.1) is 5.92 Å². The Labute approximate surface area is 97.7 Å². The zero-order valence-electron chi connectivity index (χ0n) is 8.93. The van der Waals surface area contributed by atoms with Crippen LogP contribution in [-0.2, 0) is 0 Å². The fourth-order valence-corrected chi connectivity index (χ4v) is 2.35. The van der Waals surface area contributed by atoms with Gasteiger partial charge < -0.3 is 5.73 Å². The number of halogens is 1. The van der Waals surface area contributed by atoms with Gasteiger partial charge in [0.15, 0.2) is 0 Å². The van der Waals surface area contributed by atoms with Gasteiger partial charge in [0.05, 0.1) is 0 Å². The van der Waals surface area contributed by atoms with Crippen LogP contribution in [0.25, 0.3) is 0 Å². The smallest absolute Gasteiger partial charge is 0.0324 e. The summed E-state index contributed by atoms with van der Waals surface area (Å²) in [7, 11) is 0. The molecule has 0 spiro atoms. The van der Waals surface area contributed by atoms with Crippen molar-refractivity contribution in [2.45, 2.75) is 38.1 Å². The summed E-state index contributed by atoms with van der Waals surface area (Å²) >= 11 is 0. The van der Waals surface area contributed by atoms with Gasteiger partial charge in [-0.1, -0.05) is 19.3 Å². The van der Waals surface area contributed by atoms with Crippen molar-refractivity contribution in [1.82, 2.24) is 4.98 Å². The Bertz CT molecular complexity index is 270. The highest BCUT2D eigenvalue weighted by Gasteiger charge is 2.21. The number of nitrogens with two attached hydrogens (primary N) is 1. The number of rotatable bonds is 2. The molecule has 15 heavy (non-hydrogen) atoms. The first-order valence-corrected chi connectivity index (χ1v) is 5.53. The van der Waals surface area contributed by atoms with E-state index in [2.05, 4.69) is 4.98 Å². The normalized spacial score (nSPS) is 19.3. The van der Waals surface area contributed by atoms with E-state index in [0.29, 0.717) is 5.92 Å². The molecule has 84 valence electrons. The topological polar surface area (TPSA) is 38.9 Å². The molecule has 1 aromatic rings. The minimum atomic E-state index is 0. The van der Waals surface area contributed by atoms with Crippen molar-refractivity contribution in [3.63, 3.8) is 0 Å². The van der Waals surface area contributed by atoms with E-state index in [4.69, 9.17) is 5.73 Å². The molecule has 0 amide bonds. The first-order chi connectivity index (χ1) is 6.88. The molecule has 0 bridgehead atoms. The molecule has 2 N–H and O–H groups in total. The summed E-state index contributed by atoms with van der Waals surface area (Å²) in [5.74, 6) is 0.686. The van der Waals surface area contributed by atoms with Gasteiger partial charge in [-0.2, -0.15) is 0 Å². The van der Waals surface area contributed by atoms with Gasteiger partial charge in [-0.3, -0.25) is 4.98 Å². The minimum absolute atomic E-state index is 0. The van der Waals surface area contributed by atoms with Crippen LogP contribution in [0.1, 0.15) is 43.7 Å². The third-order valence-electron chi connectivity index (χ3n) is 3.25. The minimum Gasteiger partial charge on any atom is -0.324 e. The van der Waals surface area contributed by atoms with Crippen molar-refractivity contribution in [3.05, 3.63) is 30.1 Å². The maximum atomic E-state index is 6.24. The van der Waals surface area contributed by atoms with Crippen LogP contribution in [0.15, 0.2) is 24.5 Å². The second-order valence-electron chi connectivity index (χ2n) is 4.20. The van der Waals surface area contributed by atoms with Crippen molar-refractivity contribution < 1.29 is 0 Å². The van der Waals surface area contributed by atoms with E-state index in [-0.39, 0.29) is 18.4 Å². The number of hydrogen-bond acceptors (Lipinski definition) is 2. The molecule has 1 fully saturated rings. The molecule has 1 aliphatic rings. The van der Waals surface area contributed by atoms with E-state index >= 15 is 0 Å². The van der Waals surface area contributed by atoms with Gasteiger partial charge in [-0.05, 0) is 36.5 Å². The molecule has 1 saturated carbocycles. The van der Waals surface area contributed by atoms with E-state index in [0.717, 1.165) is 0 Å². The van der Waals surface area contributed by atoms with Crippen molar-refractivity contribution in [2.24, 2.45) is 11.7 Å². The zero-order valence-corrected chi connectivity index (χ0v) is 9.75. The van der Waals surface area contributed by atoms with Crippen molar-refractivity contribution in [3.8, 4) is 0 Å². The molecule has 1 heterocycles. The van der Waals surface area contributed by atoms with Gasteiger partial charge in [0.2, 0.25) is 0 Å². The Morgan fingerprint density at radius 2 is 1.73 bits per heavy atom. The maximum Gasteiger partial charge on any atom is 0.0324 e. The Morgan fingerprint density at radius 1 is 1.13 bits per heavy atom. The molecule has 1 aromatic heterocycles.